The average molecular weight is 287 g/mol. The number of hydrogen-bond donors (Lipinski definition) is 2. The lowest BCUT2D eigenvalue weighted by Crippen LogP contribution is -2.37. The molecule has 112 valence electrons. The highest BCUT2D eigenvalue weighted by Crippen LogP contribution is 2.40. The van der Waals surface area contributed by atoms with Gasteiger partial charge in [0.1, 0.15) is 5.82 Å². The molecule has 20 heavy (non-hydrogen) atoms. The minimum atomic E-state index is -2.61. The summed E-state index contributed by atoms with van der Waals surface area (Å²) < 4.78 is 39.2. The smallest absolute Gasteiger partial charge is 0.248 e. The van der Waals surface area contributed by atoms with Gasteiger partial charge in [0.05, 0.1) is 6.10 Å². The number of alkyl halides is 2. The van der Waals surface area contributed by atoms with Crippen molar-refractivity contribution >= 4 is 0 Å². The van der Waals surface area contributed by atoms with Gasteiger partial charge in [0.25, 0.3) is 0 Å². The maximum Gasteiger partial charge on any atom is 0.248 e. The van der Waals surface area contributed by atoms with E-state index >= 15 is 0 Å². The molecule has 3 N–H and O–H groups in total. The molecule has 0 amide bonds. The lowest BCUT2D eigenvalue weighted by atomic mass is 9.77. The molecule has 2 unspecified atom stereocenters. The average Bonchev–Trinajstić information content (AvgIpc) is 2.41. The zero-order valence-corrected chi connectivity index (χ0v) is 11.2. The first-order chi connectivity index (χ1) is 9.43. The summed E-state index contributed by atoms with van der Waals surface area (Å²) >= 11 is 0. The van der Waals surface area contributed by atoms with E-state index in [1.807, 2.05) is 0 Å². The number of aliphatic hydroxyl groups excluding tert-OH is 1. The van der Waals surface area contributed by atoms with Crippen LogP contribution in [0.25, 0.3) is 0 Å². The van der Waals surface area contributed by atoms with Crippen LogP contribution in [0.3, 0.4) is 0 Å². The highest BCUT2D eigenvalue weighted by atomic mass is 19.3. The molecular formula is C15H20F3NO. The second-order valence-corrected chi connectivity index (χ2v) is 5.58. The van der Waals surface area contributed by atoms with Crippen LogP contribution in [0.5, 0.6) is 0 Å². The van der Waals surface area contributed by atoms with Gasteiger partial charge in [-0.25, -0.2) is 13.2 Å². The van der Waals surface area contributed by atoms with Crippen LogP contribution in [-0.4, -0.2) is 23.7 Å². The van der Waals surface area contributed by atoms with Crippen molar-refractivity contribution in [2.45, 2.75) is 43.6 Å². The van der Waals surface area contributed by atoms with Gasteiger partial charge >= 0.3 is 0 Å². The first kappa shape index (κ1) is 15.3. The topological polar surface area (TPSA) is 46.2 Å². The van der Waals surface area contributed by atoms with Crippen molar-refractivity contribution in [3.05, 3.63) is 35.6 Å². The summed E-state index contributed by atoms with van der Waals surface area (Å²) in [5, 5.41) is 10.4. The van der Waals surface area contributed by atoms with E-state index in [-0.39, 0.29) is 37.0 Å². The Balaban J connectivity index is 2.06. The Bertz CT molecular complexity index is 425. The van der Waals surface area contributed by atoms with Gasteiger partial charge in [0, 0.05) is 25.3 Å². The zero-order valence-electron chi connectivity index (χ0n) is 11.2. The summed E-state index contributed by atoms with van der Waals surface area (Å²) in [6, 6.07) is 5.82. The molecule has 2 rings (SSSR count). The number of nitrogens with two attached hydrogens (primary N) is 1. The zero-order chi connectivity index (χ0) is 14.8. The van der Waals surface area contributed by atoms with Crippen molar-refractivity contribution < 1.29 is 18.3 Å². The van der Waals surface area contributed by atoms with Gasteiger partial charge in [-0.15, -0.1) is 0 Å². The molecule has 0 heterocycles. The highest BCUT2D eigenvalue weighted by Gasteiger charge is 2.39. The van der Waals surface area contributed by atoms with Crippen LogP contribution >= 0.6 is 0 Å². The maximum absolute atomic E-state index is 13.1. The summed E-state index contributed by atoms with van der Waals surface area (Å²) in [6.07, 6.45) is -0.538. The number of hydrogen-bond acceptors (Lipinski definition) is 2. The molecule has 1 saturated carbocycles. The number of aliphatic hydroxyl groups is 1. The number of benzene rings is 1. The maximum atomic E-state index is 13.1. The Labute approximate surface area is 116 Å². The van der Waals surface area contributed by atoms with Gasteiger partial charge in [-0.1, -0.05) is 12.1 Å². The Morgan fingerprint density at radius 3 is 2.25 bits per heavy atom. The SMILES string of the molecule is NCC(c1ccc(F)cc1)C(O)C1CCC(F)(F)CC1. The molecule has 2 atom stereocenters. The molecular weight excluding hydrogens is 267 g/mol. The van der Waals surface area contributed by atoms with E-state index in [1.54, 1.807) is 12.1 Å². The molecule has 1 aromatic rings. The Kier molecular flexibility index (Phi) is 4.70. The Morgan fingerprint density at radius 2 is 1.75 bits per heavy atom. The van der Waals surface area contributed by atoms with Crippen molar-refractivity contribution in [3.63, 3.8) is 0 Å². The van der Waals surface area contributed by atoms with Crippen LogP contribution in [0.2, 0.25) is 0 Å². The van der Waals surface area contributed by atoms with E-state index < -0.39 is 12.0 Å². The van der Waals surface area contributed by atoms with E-state index in [9.17, 15) is 18.3 Å². The third-order valence-corrected chi connectivity index (χ3v) is 4.21. The van der Waals surface area contributed by atoms with E-state index in [0.717, 1.165) is 5.56 Å². The molecule has 0 aromatic heterocycles. The van der Waals surface area contributed by atoms with Crippen molar-refractivity contribution in [3.8, 4) is 0 Å². The molecule has 1 aromatic carbocycles. The first-order valence-electron chi connectivity index (χ1n) is 6.94. The molecule has 0 aliphatic heterocycles. The summed E-state index contributed by atoms with van der Waals surface area (Å²) in [5.41, 5.74) is 6.45. The van der Waals surface area contributed by atoms with Crippen LogP contribution in [-0.2, 0) is 0 Å². The van der Waals surface area contributed by atoms with Crippen LogP contribution in [0.1, 0.15) is 37.2 Å². The monoisotopic (exact) mass is 287 g/mol. The second kappa shape index (κ2) is 6.14. The van der Waals surface area contributed by atoms with Crippen LogP contribution in [0.15, 0.2) is 24.3 Å². The number of halogens is 3. The minimum absolute atomic E-state index is 0.173. The lowest BCUT2D eigenvalue weighted by Gasteiger charge is -2.34. The Hall–Kier alpha value is -1.07. The first-order valence-corrected chi connectivity index (χ1v) is 6.94. The fourth-order valence-electron chi connectivity index (χ4n) is 2.92. The molecule has 0 spiro atoms. The van der Waals surface area contributed by atoms with E-state index in [0.29, 0.717) is 12.8 Å². The molecule has 0 bridgehead atoms. The molecule has 2 nitrogen and oxygen atoms in total. The fraction of sp³-hybridized carbons (Fsp3) is 0.600. The second-order valence-electron chi connectivity index (χ2n) is 5.58. The van der Waals surface area contributed by atoms with Crippen molar-refractivity contribution in [2.75, 3.05) is 6.54 Å². The highest BCUT2D eigenvalue weighted by molar-refractivity contribution is 5.22. The Morgan fingerprint density at radius 1 is 1.20 bits per heavy atom. The van der Waals surface area contributed by atoms with Gasteiger partial charge in [0.15, 0.2) is 0 Å². The minimum Gasteiger partial charge on any atom is -0.392 e. The van der Waals surface area contributed by atoms with Crippen molar-refractivity contribution in [2.24, 2.45) is 11.7 Å². The third-order valence-electron chi connectivity index (χ3n) is 4.21. The van der Waals surface area contributed by atoms with Crippen molar-refractivity contribution in [1.29, 1.82) is 0 Å². The quantitative estimate of drug-likeness (QED) is 0.894. The molecule has 1 fully saturated rings. The molecule has 0 radical (unpaired) electrons. The molecule has 5 heteroatoms. The van der Waals surface area contributed by atoms with E-state index in [1.165, 1.54) is 12.1 Å². The predicted octanol–water partition coefficient (Wildman–Crippen LogP) is 3.05. The fourth-order valence-corrected chi connectivity index (χ4v) is 2.92. The molecule has 0 saturated heterocycles. The van der Waals surface area contributed by atoms with Crippen LogP contribution in [0.4, 0.5) is 13.2 Å². The van der Waals surface area contributed by atoms with Crippen LogP contribution < -0.4 is 5.73 Å². The van der Waals surface area contributed by atoms with Crippen molar-refractivity contribution in [1.82, 2.24) is 0 Å². The van der Waals surface area contributed by atoms with Crippen LogP contribution in [0, 0.1) is 11.7 Å². The lowest BCUT2D eigenvalue weighted by molar-refractivity contribution is -0.0651. The van der Waals surface area contributed by atoms with Gasteiger partial charge in [-0.2, -0.15) is 0 Å². The van der Waals surface area contributed by atoms with E-state index in [2.05, 4.69) is 0 Å². The van der Waals surface area contributed by atoms with Gasteiger partial charge in [0.2, 0.25) is 5.92 Å². The third kappa shape index (κ3) is 3.52. The molecule has 1 aliphatic carbocycles. The van der Waals surface area contributed by atoms with Gasteiger partial charge < -0.3 is 10.8 Å². The predicted molar refractivity (Wildman–Crippen MR) is 71.1 cm³/mol. The standard InChI is InChI=1S/C15H20F3NO/c16-12-3-1-10(2-4-12)13(9-19)14(20)11-5-7-15(17,18)8-6-11/h1-4,11,13-14,20H,5-9,19H2. The number of rotatable bonds is 4. The summed E-state index contributed by atoms with van der Waals surface area (Å²) in [4.78, 5) is 0. The van der Waals surface area contributed by atoms with Gasteiger partial charge in [-0.3, -0.25) is 0 Å². The summed E-state index contributed by atoms with van der Waals surface area (Å²) in [6.45, 7) is 0.208. The summed E-state index contributed by atoms with van der Waals surface area (Å²) in [5.74, 6) is -3.47. The summed E-state index contributed by atoms with van der Waals surface area (Å²) in [7, 11) is 0. The molecule has 1 aliphatic rings. The largest absolute Gasteiger partial charge is 0.392 e. The van der Waals surface area contributed by atoms with Gasteiger partial charge in [-0.05, 0) is 36.5 Å². The van der Waals surface area contributed by atoms with E-state index in [4.69, 9.17) is 5.73 Å². The normalized spacial score (nSPS) is 22.4.